The molecular weight excluding hydrogens is 258 g/mol. The summed E-state index contributed by atoms with van der Waals surface area (Å²) in [6.07, 6.45) is 1.77. The van der Waals surface area contributed by atoms with E-state index in [4.69, 9.17) is 11.6 Å². The summed E-state index contributed by atoms with van der Waals surface area (Å²) < 4.78 is 0. The van der Waals surface area contributed by atoms with Crippen LogP contribution in [0.1, 0.15) is 30.3 Å². The third-order valence-corrected chi connectivity index (χ3v) is 3.06. The fourth-order valence-corrected chi connectivity index (χ4v) is 1.60. The zero-order valence-corrected chi connectivity index (χ0v) is 10.9. The van der Waals surface area contributed by atoms with E-state index in [1.165, 1.54) is 12.1 Å². The lowest BCUT2D eigenvalue weighted by Crippen LogP contribution is -2.25. The summed E-state index contributed by atoms with van der Waals surface area (Å²) in [5.74, 6) is 0.518. The highest BCUT2D eigenvalue weighted by atomic mass is 35.5. The predicted octanol–water partition coefficient (Wildman–Crippen LogP) is 2.31. The minimum absolute atomic E-state index is 0.184. The first-order valence-electron chi connectivity index (χ1n) is 5.72. The van der Waals surface area contributed by atoms with Crippen LogP contribution >= 0.6 is 11.6 Å². The second-order valence-electron chi connectivity index (χ2n) is 4.17. The number of halogens is 1. The van der Waals surface area contributed by atoms with Crippen LogP contribution in [0, 0.1) is 16.0 Å². The molecule has 18 heavy (non-hydrogen) atoms. The molecule has 1 aromatic heterocycles. The molecule has 6 nitrogen and oxygen atoms in total. The monoisotopic (exact) mass is 273 g/mol. The molecular formula is C11H16ClN3O3. The normalized spacial score (nSPS) is 12.1. The van der Waals surface area contributed by atoms with E-state index in [0.29, 0.717) is 18.3 Å². The highest BCUT2D eigenvalue weighted by Gasteiger charge is 2.14. The van der Waals surface area contributed by atoms with Crippen molar-refractivity contribution in [2.24, 2.45) is 5.92 Å². The van der Waals surface area contributed by atoms with Gasteiger partial charge in [-0.15, -0.1) is 11.6 Å². The summed E-state index contributed by atoms with van der Waals surface area (Å²) in [5, 5.41) is 13.1. The lowest BCUT2D eigenvalue weighted by Gasteiger charge is -2.06. The van der Waals surface area contributed by atoms with Gasteiger partial charge in [0, 0.05) is 18.5 Å². The minimum atomic E-state index is -0.571. The van der Waals surface area contributed by atoms with Gasteiger partial charge in [-0.1, -0.05) is 6.92 Å². The molecule has 0 radical (unpaired) electrons. The van der Waals surface area contributed by atoms with Gasteiger partial charge in [0.05, 0.1) is 0 Å². The first-order chi connectivity index (χ1) is 8.54. The van der Waals surface area contributed by atoms with E-state index < -0.39 is 4.92 Å². The first kappa shape index (κ1) is 14.5. The topological polar surface area (TPSA) is 88.0 Å². The van der Waals surface area contributed by atoms with Crippen LogP contribution in [0.15, 0.2) is 12.1 Å². The third kappa shape index (κ3) is 4.37. The van der Waals surface area contributed by atoms with Crippen LogP contribution in [0.3, 0.4) is 0 Å². The minimum Gasteiger partial charge on any atom is -0.358 e. The number of alkyl halides is 1. The Morgan fingerprint density at radius 1 is 1.61 bits per heavy atom. The highest BCUT2D eigenvalue weighted by molar-refractivity contribution is 6.18. The fraction of sp³-hybridized carbons (Fsp3) is 0.545. The molecule has 0 aliphatic carbocycles. The largest absolute Gasteiger partial charge is 0.358 e. The van der Waals surface area contributed by atoms with E-state index in [1.54, 1.807) is 0 Å². The van der Waals surface area contributed by atoms with Crippen molar-refractivity contribution < 1.29 is 9.72 Å². The van der Waals surface area contributed by atoms with Gasteiger partial charge in [0.1, 0.15) is 0 Å². The van der Waals surface area contributed by atoms with E-state index in [2.05, 4.69) is 10.3 Å². The van der Waals surface area contributed by atoms with Crippen molar-refractivity contribution in [3.05, 3.63) is 27.9 Å². The van der Waals surface area contributed by atoms with Crippen LogP contribution in [0.4, 0.5) is 5.82 Å². The predicted molar refractivity (Wildman–Crippen MR) is 68.9 cm³/mol. The maximum absolute atomic E-state index is 11.6. The number of nitrogens with one attached hydrogen (secondary N) is 2. The molecule has 0 spiro atoms. The smallest absolute Gasteiger partial charge is 0.321 e. The van der Waals surface area contributed by atoms with Gasteiger partial charge in [-0.3, -0.25) is 4.79 Å². The summed E-state index contributed by atoms with van der Waals surface area (Å²) in [6, 6.07) is 2.67. The maximum Gasteiger partial charge on any atom is 0.321 e. The zero-order valence-electron chi connectivity index (χ0n) is 10.1. The van der Waals surface area contributed by atoms with Gasteiger partial charge in [0.2, 0.25) is 0 Å². The molecule has 0 aromatic carbocycles. The Bertz CT molecular complexity index is 419. The number of nitro groups is 1. The van der Waals surface area contributed by atoms with Crippen molar-refractivity contribution in [1.29, 1.82) is 0 Å². The molecule has 0 saturated heterocycles. The van der Waals surface area contributed by atoms with Gasteiger partial charge in [-0.05, 0) is 29.7 Å². The quantitative estimate of drug-likeness (QED) is 0.346. The van der Waals surface area contributed by atoms with E-state index in [0.717, 1.165) is 12.8 Å². The second-order valence-corrected chi connectivity index (χ2v) is 4.48. The Morgan fingerprint density at radius 2 is 2.33 bits per heavy atom. The fourth-order valence-electron chi connectivity index (χ4n) is 1.45. The lowest BCUT2D eigenvalue weighted by molar-refractivity contribution is -0.389. The third-order valence-electron chi connectivity index (χ3n) is 2.53. The number of hydrogen-bond acceptors (Lipinski definition) is 3. The number of carbonyl (C=O) groups excluding carboxylic acids is 1. The standard InChI is InChI=1S/C11H16ClN3O3/c1-8(7-12)3-2-6-13-11(16)9-4-5-10(14-9)15(17)18/h4-5,8,14H,2-3,6-7H2,1H3,(H,13,16). The molecule has 0 bridgehead atoms. The Labute approximate surface area is 110 Å². The van der Waals surface area contributed by atoms with E-state index in [9.17, 15) is 14.9 Å². The number of rotatable bonds is 7. The lowest BCUT2D eigenvalue weighted by atomic mass is 10.1. The van der Waals surface area contributed by atoms with Crippen LogP contribution in [0.25, 0.3) is 0 Å². The van der Waals surface area contributed by atoms with Crippen molar-refractivity contribution in [3.63, 3.8) is 0 Å². The Hall–Kier alpha value is -1.56. The molecule has 0 aliphatic rings. The molecule has 100 valence electrons. The summed E-state index contributed by atoms with van der Waals surface area (Å²) >= 11 is 5.67. The van der Waals surface area contributed by atoms with Crippen molar-refractivity contribution in [3.8, 4) is 0 Å². The van der Waals surface area contributed by atoms with Crippen molar-refractivity contribution >= 4 is 23.3 Å². The molecule has 1 heterocycles. The molecule has 2 N–H and O–H groups in total. The number of carbonyl (C=O) groups is 1. The number of hydrogen-bond donors (Lipinski definition) is 2. The number of aromatic nitrogens is 1. The zero-order chi connectivity index (χ0) is 13.5. The van der Waals surface area contributed by atoms with Crippen molar-refractivity contribution in [1.82, 2.24) is 10.3 Å². The summed E-state index contributed by atoms with van der Waals surface area (Å²) in [7, 11) is 0. The van der Waals surface area contributed by atoms with Gasteiger partial charge in [0.25, 0.3) is 5.91 Å². The van der Waals surface area contributed by atoms with Crippen LogP contribution < -0.4 is 5.32 Å². The number of aromatic amines is 1. The van der Waals surface area contributed by atoms with E-state index in [1.807, 2.05) is 6.92 Å². The molecule has 1 atom stereocenters. The van der Waals surface area contributed by atoms with Crippen LogP contribution in [0.5, 0.6) is 0 Å². The van der Waals surface area contributed by atoms with Gasteiger partial charge >= 0.3 is 5.82 Å². The van der Waals surface area contributed by atoms with Crippen LogP contribution in [0.2, 0.25) is 0 Å². The Kier molecular flexibility index (Phi) is 5.64. The van der Waals surface area contributed by atoms with Crippen LogP contribution in [-0.2, 0) is 0 Å². The molecule has 7 heteroatoms. The Morgan fingerprint density at radius 3 is 2.89 bits per heavy atom. The SMILES string of the molecule is CC(CCl)CCCNC(=O)c1ccc([N+](=O)[O-])[nH]1. The van der Waals surface area contributed by atoms with Gasteiger partial charge < -0.3 is 15.4 Å². The van der Waals surface area contributed by atoms with Crippen LogP contribution in [-0.4, -0.2) is 28.2 Å². The summed E-state index contributed by atoms with van der Waals surface area (Å²) in [6.45, 7) is 2.58. The average Bonchev–Trinajstić information content (AvgIpc) is 2.83. The summed E-state index contributed by atoms with van der Waals surface area (Å²) in [5.41, 5.74) is 0.201. The molecule has 1 rings (SSSR count). The van der Waals surface area contributed by atoms with E-state index >= 15 is 0 Å². The first-order valence-corrected chi connectivity index (χ1v) is 6.25. The van der Waals surface area contributed by atoms with Crippen molar-refractivity contribution in [2.75, 3.05) is 12.4 Å². The average molecular weight is 274 g/mol. The summed E-state index contributed by atoms with van der Waals surface area (Å²) in [4.78, 5) is 23.9. The van der Waals surface area contributed by atoms with Crippen molar-refractivity contribution in [2.45, 2.75) is 19.8 Å². The highest BCUT2D eigenvalue weighted by Crippen LogP contribution is 2.10. The number of amides is 1. The van der Waals surface area contributed by atoms with Gasteiger partial charge in [-0.2, -0.15) is 0 Å². The molecule has 1 aromatic rings. The second kappa shape index (κ2) is 7.00. The number of nitrogens with zero attached hydrogens (tertiary/aromatic N) is 1. The maximum atomic E-state index is 11.6. The number of H-pyrrole nitrogens is 1. The molecule has 0 saturated carbocycles. The molecule has 0 fully saturated rings. The Balaban J connectivity index is 2.34. The molecule has 1 unspecified atom stereocenters. The van der Waals surface area contributed by atoms with Gasteiger partial charge in [-0.25, -0.2) is 4.98 Å². The molecule has 1 amide bonds. The van der Waals surface area contributed by atoms with E-state index in [-0.39, 0.29) is 17.4 Å². The molecule has 0 aliphatic heterocycles. The van der Waals surface area contributed by atoms with Gasteiger partial charge in [0.15, 0.2) is 5.69 Å².